The van der Waals surface area contributed by atoms with Crippen LogP contribution in [0, 0.1) is 0 Å². The molecule has 13 rings (SSSR count). The van der Waals surface area contributed by atoms with Crippen LogP contribution in [0.3, 0.4) is 0 Å². The molecule has 0 fully saturated rings. The van der Waals surface area contributed by atoms with E-state index in [2.05, 4.69) is 213 Å². The highest BCUT2D eigenvalue weighted by atomic mass is 15.0. The van der Waals surface area contributed by atoms with Crippen LogP contribution in [0.4, 0.5) is 0 Å². The number of benzene rings is 9. The Balaban J connectivity index is 1.15. The van der Waals surface area contributed by atoms with Crippen molar-refractivity contribution in [1.29, 1.82) is 0 Å². The molecule has 4 nitrogen and oxygen atoms in total. The lowest BCUT2D eigenvalue weighted by atomic mass is 9.53. The molecule has 0 amide bonds. The van der Waals surface area contributed by atoms with Crippen LogP contribution >= 0.6 is 0 Å². The fourth-order valence-corrected chi connectivity index (χ4v) is 11.1. The van der Waals surface area contributed by atoms with Gasteiger partial charge in [-0.1, -0.05) is 190 Å². The Morgan fingerprint density at radius 3 is 1.61 bits per heavy atom. The topological polar surface area (TPSA) is 43.6 Å². The summed E-state index contributed by atoms with van der Waals surface area (Å²) in [4.78, 5) is 16.1. The molecule has 0 saturated heterocycles. The van der Waals surface area contributed by atoms with Crippen molar-refractivity contribution in [3.63, 3.8) is 0 Å². The lowest BCUT2D eigenvalue weighted by molar-refractivity contribution is 0.556. The van der Waals surface area contributed by atoms with Crippen LogP contribution in [0.15, 0.2) is 194 Å². The van der Waals surface area contributed by atoms with Gasteiger partial charge in [0.05, 0.1) is 22.1 Å². The van der Waals surface area contributed by atoms with Gasteiger partial charge in [0.2, 0.25) is 0 Å². The Morgan fingerprint density at radius 2 is 0.885 bits per heavy atom. The van der Waals surface area contributed by atoms with E-state index in [9.17, 15) is 0 Å². The van der Waals surface area contributed by atoms with Crippen LogP contribution in [-0.2, 0) is 10.8 Å². The molecule has 1 atom stereocenters. The molecule has 1 aliphatic carbocycles. The predicted molar refractivity (Wildman–Crippen MR) is 249 cm³/mol. The van der Waals surface area contributed by atoms with E-state index in [1.54, 1.807) is 0 Å². The molecule has 0 bridgehead atoms. The Hall–Kier alpha value is -7.69. The molecule has 286 valence electrons. The molecule has 3 heterocycles. The molecule has 0 saturated carbocycles. The second kappa shape index (κ2) is 12.4. The molecule has 0 N–H and O–H groups in total. The number of rotatable bonds is 3. The zero-order valence-electron chi connectivity index (χ0n) is 33.8. The van der Waals surface area contributed by atoms with E-state index < -0.39 is 5.41 Å². The Bertz CT molecular complexity index is 3540. The van der Waals surface area contributed by atoms with E-state index >= 15 is 0 Å². The van der Waals surface area contributed by atoms with Gasteiger partial charge >= 0.3 is 0 Å². The van der Waals surface area contributed by atoms with Crippen molar-refractivity contribution in [1.82, 2.24) is 19.5 Å². The summed E-state index contributed by atoms with van der Waals surface area (Å²) < 4.78 is 2.51. The maximum absolute atomic E-state index is 5.41. The second-order valence-corrected chi connectivity index (χ2v) is 17.1. The van der Waals surface area contributed by atoms with Gasteiger partial charge in [-0.3, -0.25) is 0 Å². The minimum absolute atomic E-state index is 0.288. The molecule has 4 heteroatoms. The zero-order chi connectivity index (χ0) is 40.5. The van der Waals surface area contributed by atoms with Gasteiger partial charge in [-0.2, -0.15) is 0 Å². The monoisotopic (exact) mass is 778 g/mol. The maximum atomic E-state index is 5.41. The van der Waals surface area contributed by atoms with Gasteiger partial charge < -0.3 is 4.57 Å². The quantitative estimate of drug-likeness (QED) is 0.179. The molecule has 2 aliphatic rings. The molecule has 1 spiro atoms. The molecule has 2 aromatic heterocycles. The number of hydrogen-bond donors (Lipinski definition) is 0. The largest absolute Gasteiger partial charge is 0.309 e. The number of para-hydroxylation sites is 3. The number of fused-ring (bicyclic) bond motifs is 13. The summed E-state index contributed by atoms with van der Waals surface area (Å²) >= 11 is 0. The minimum Gasteiger partial charge on any atom is -0.309 e. The standard InChI is InChI=1S/C57H38N4/c1-56(2)44-26-8-9-27-46(44)57(47-28-10-12-31-51(47)61-50-30-11-7-22-40(50)41-23-15-29-48(57)52(41)61)49-34-37(32-33-45(49)56)53-58-54(42-24-13-18-35-16-3-5-20-38(35)42)60-55(59-53)43-25-14-19-36-17-4-6-21-39(36)43/h3-34H,1-2H3. The summed E-state index contributed by atoms with van der Waals surface area (Å²) in [5.41, 5.74) is 13.4. The molecular formula is C57H38N4. The van der Waals surface area contributed by atoms with Crippen LogP contribution in [0.1, 0.15) is 47.2 Å². The van der Waals surface area contributed by atoms with Crippen molar-refractivity contribution >= 4 is 43.4 Å². The van der Waals surface area contributed by atoms with Gasteiger partial charge in [0.15, 0.2) is 17.5 Å². The van der Waals surface area contributed by atoms with E-state index in [-0.39, 0.29) is 5.41 Å². The van der Waals surface area contributed by atoms with E-state index in [1.807, 2.05) is 0 Å². The van der Waals surface area contributed by atoms with Crippen molar-refractivity contribution in [3.8, 4) is 39.9 Å². The summed E-state index contributed by atoms with van der Waals surface area (Å²) in [6, 6.07) is 70.7. The van der Waals surface area contributed by atoms with Crippen molar-refractivity contribution in [2.45, 2.75) is 24.7 Å². The third-order valence-corrected chi connectivity index (χ3v) is 13.7. The van der Waals surface area contributed by atoms with E-state index in [4.69, 9.17) is 15.0 Å². The van der Waals surface area contributed by atoms with Crippen LogP contribution in [0.2, 0.25) is 0 Å². The summed E-state index contributed by atoms with van der Waals surface area (Å²) in [5.74, 6) is 1.95. The first kappa shape index (κ1) is 34.2. The molecule has 61 heavy (non-hydrogen) atoms. The normalized spacial score (nSPS) is 15.9. The molecule has 1 unspecified atom stereocenters. The first-order valence-corrected chi connectivity index (χ1v) is 21.1. The van der Waals surface area contributed by atoms with Gasteiger partial charge in [-0.25, -0.2) is 15.0 Å². The second-order valence-electron chi connectivity index (χ2n) is 17.1. The van der Waals surface area contributed by atoms with Crippen molar-refractivity contribution in [2.24, 2.45) is 0 Å². The fraction of sp³-hybridized carbons (Fsp3) is 0.0702. The Labute approximate surface area is 353 Å². The van der Waals surface area contributed by atoms with Crippen LogP contribution in [0.5, 0.6) is 0 Å². The Morgan fingerprint density at radius 1 is 0.377 bits per heavy atom. The summed E-state index contributed by atoms with van der Waals surface area (Å²) in [6.07, 6.45) is 0. The highest BCUT2D eigenvalue weighted by Gasteiger charge is 2.52. The smallest absolute Gasteiger partial charge is 0.164 e. The van der Waals surface area contributed by atoms with Gasteiger partial charge in [0.25, 0.3) is 0 Å². The van der Waals surface area contributed by atoms with E-state index in [1.165, 1.54) is 60.9 Å². The number of aromatic nitrogens is 4. The van der Waals surface area contributed by atoms with Crippen molar-refractivity contribution in [2.75, 3.05) is 0 Å². The van der Waals surface area contributed by atoms with Crippen LogP contribution in [0.25, 0.3) is 83.2 Å². The average Bonchev–Trinajstić information content (AvgIpc) is 3.66. The Kier molecular flexibility index (Phi) is 6.96. The lowest BCUT2D eigenvalue weighted by Crippen LogP contribution is -2.44. The summed E-state index contributed by atoms with van der Waals surface area (Å²) in [7, 11) is 0. The van der Waals surface area contributed by atoms with E-state index in [0.29, 0.717) is 17.5 Å². The third-order valence-electron chi connectivity index (χ3n) is 13.7. The van der Waals surface area contributed by atoms with Crippen molar-refractivity contribution in [3.05, 3.63) is 228 Å². The predicted octanol–water partition coefficient (Wildman–Crippen LogP) is 13.6. The lowest BCUT2D eigenvalue weighted by Gasteiger charge is -2.50. The van der Waals surface area contributed by atoms with E-state index in [0.717, 1.165) is 38.2 Å². The first-order chi connectivity index (χ1) is 30.0. The molecule has 1 aliphatic heterocycles. The number of nitrogens with zero attached hydrogens (tertiary/aromatic N) is 4. The summed E-state index contributed by atoms with van der Waals surface area (Å²) in [5, 5.41) is 7.03. The van der Waals surface area contributed by atoms with Crippen LogP contribution < -0.4 is 0 Å². The van der Waals surface area contributed by atoms with Gasteiger partial charge in [-0.15, -0.1) is 0 Å². The average molecular weight is 779 g/mol. The molecular weight excluding hydrogens is 741 g/mol. The molecule has 9 aromatic carbocycles. The zero-order valence-corrected chi connectivity index (χ0v) is 33.8. The first-order valence-electron chi connectivity index (χ1n) is 21.1. The molecule has 11 aromatic rings. The minimum atomic E-state index is -0.637. The highest BCUT2D eigenvalue weighted by molar-refractivity contribution is 6.12. The highest BCUT2D eigenvalue weighted by Crippen LogP contribution is 2.60. The van der Waals surface area contributed by atoms with Crippen molar-refractivity contribution < 1.29 is 0 Å². The maximum Gasteiger partial charge on any atom is 0.164 e. The van der Waals surface area contributed by atoms with Crippen LogP contribution in [-0.4, -0.2) is 19.5 Å². The van der Waals surface area contributed by atoms with Gasteiger partial charge in [0.1, 0.15) is 0 Å². The summed E-state index contributed by atoms with van der Waals surface area (Å²) in [6.45, 7) is 4.76. The fourth-order valence-electron chi connectivity index (χ4n) is 11.1. The molecule has 0 radical (unpaired) electrons. The SMILES string of the molecule is CC1(C)c2ccccc2C2(c3ccccc3-n3c4ccccc4c4cccc2c43)c2cc(-c3nc(-c4cccc5ccccc45)nc(-c4cccc5ccccc45)n3)ccc21. The number of hydrogen-bond acceptors (Lipinski definition) is 3. The van der Waals surface area contributed by atoms with Gasteiger partial charge in [-0.05, 0) is 73.1 Å². The third kappa shape index (κ3) is 4.56. The van der Waals surface area contributed by atoms with Gasteiger partial charge in [0, 0.05) is 32.9 Å².